The number of amides is 1. The van der Waals surface area contributed by atoms with Crippen LogP contribution in [-0.4, -0.2) is 6.09 Å². The summed E-state index contributed by atoms with van der Waals surface area (Å²) in [6, 6.07) is 1.71. The monoisotopic (exact) mass is 223 g/mol. The van der Waals surface area contributed by atoms with Crippen molar-refractivity contribution in [1.82, 2.24) is 0 Å². The standard InChI is InChI=1S/C8H5F4NO2/c9-6-3-4(15-7(13)14)1-2-5(6)8(10,11)12/h1-3H,(H2,13,14). The van der Waals surface area contributed by atoms with Crippen molar-refractivity contribution in [2.24, 2.45) is 5.73 Å². The number of hydrogen-bond acceptors (Lipinski definition) is 2. The zero-order valence-corrected chi connectivity index (χ0v) is 7.14. The van der Waals surface area contributed by atoms with Gasteiger partial charge < -0.3 is 10.5 Å². The number of rotatable bonds is 1. The Bertz CT molecular complexity index is 389. The number of benzene rings is 1. The number of carbonyl (C=O) groups is 1. The molecule has 7 heteroatoms. The molecule has 0 aromatic heterocycles. The van der Waals surface area contributed by atoms with Crippen LogP contribution in [0.4, 0.5) is 22.4 Å². The van der Waals surface area contributed by atoms with E-state index in [1.165, 1.54) is 0 Å². The molecule has 3 nitrogen and oxygen atoms in total. The molecule has 0 radical (unpaired) electrons. The van der Waals surface area contributed by atoms with Crippen LogP contribution in [0.2, 0.25) is 0 Å². The average Bonchev–Trinajstić information content (AvgIpc) is 1.99. The average molecular weight is 223 g/mol. The number of hydrogen-bond donors (Lipinski definition) is 1. The third kappa shape index (κ3) is 2.83. The van der Waals surface area contributed by atoms with E-state index in [1.54, 1.807) is 0 Å². The SMILES string of the molecule is NC(=O)Oc1ccc(C(F)(F)F)c(F)c1. The van der Waals surface area contributed by atoms with Crippen LogP contribution in [0.25, 0.3) is 0 Å². The van der Waals surface area contributed by atoms with Gasteiger partial charge in [0.05, 0.1) is 5.56 Å². The third-order valence-corrected chi connectivity index (χ3v) is 1.46. The van der Waals surface area contributed by atoms with Crippen LogP contribution in [0, 0.1) is 5.82 Å². The van der Waals surface area contributed by atoms with E-state index in [-0.39, 0.29) is 5.75 Å². The van der Waals surface area contributed by atoms with Crippen LogP contribution in [-0.2, 0) is 6.18 Å². The Hall–Kier alpha value is -1.79. The van der Waals surface area contributed by atoms with Gasteiger partial charge >= 0.3 is 12.3 Å². The molecule has 0 saturated heterocycles. The fourth-order valence-corrected chi connectivity index (χ4v) is 0.905. The van der Waals surface area contributed by atoms with E-state index in [0.29, 0.717) is 12.1 Å². The molecule has 0 heterocycles. The second kappa shape index (κ2) is 3.76. The minimum Gasteiger partial charge on any atom is -0.410 e. The number of carbonyl (C=O) groups excluding carboxylic acids is 1. The Labute approximate surface area is 81.4 Å². The zero-order valence-electron chi connectivity index (χ0n) is 7.14. The normalized spacial score (nSPS) is 11.2. The number of ether oxygens (including phenoxy) is 1. The van der Waals surface area contributed by atoms with E-state index in [9.17, 15) is 22.4 Å². The molecule has 82 valence electrons. The molecule has 0 aliphatic carbocycles. The first kappa shape index (κ1) is 11.3. The highest BCUT2D eigenvalue weighted by Gasteiger charge is 2.34. The summed E-state index contributed by atoms with van der Waals surface area (Å²) >= 11 is 0. The highest BCUT2D eigenvalue weighted by Crippen LogP contribution is 2.32. The van der Waals surface area contributed by atoms with Crippen molar-refractivity contribution in [1.29, 1.82) is 0 Å². The summed E-state index contributed by atoms with van der Waals surface area (Å²) in [5, 5.41) is 0. The molecule has 1 amide bonds. The first-order valence-corrected chi connectivity index (χ1v) is 3.65. The number of alkyl halides is 3. The van der Waals surface area contributed by atoms with Gasteiger partial charge in [0.25, 0.3) is 0 Å². The lowest BCUT2D eigenvalue weighted by Gasteiger charge is -2.08. The maximum Gasteiger partial charge on any atom is 0.419 e. The molecule has 0 aliphatic heterocycles. The maximum absolute atomic E-state index is 12.8. The molecule has 1 rings (SSSR count). The van der Waals surface area contributed by atoms with E-state index in [4.69, 9.17) is 0 Å². The summed E-state index contributed by atoms with van der Waals surface area (Å²) in [6.45, 7) is 0. The Kier molecular flexibility index (Phi) is 2.83. The summed E-state index contributed by atoms with van der Waals surface area (Å²) < 4.78 is 53.3. The Balaban J connectivity index is 3.04. The third-order valence-electron chi connectivity index (χ3n) is 1.46. The lowest BCUT2D eigenvalue weighted by molar-refractivity contribution is -0.140. The lowest BCUT2D eigenvalue weighted by atomic mass is 10.2. The molecule has 0 unspecified atom stereocenters. The van der Waals surface area contributed by atoms with Crippen molar-refractivity contribution < 1.29 is 27.1 Å². The number of nitrogens with two attached hydrogens (primary N) is 1. The fourth-order valence-electron chi connectivity index (χ4n) is 0.905. The molecule has 0 aliphatic rings. The summed E-state index contributed by atoms with van der Waals surface area (Å²) in [5.74, 6) is -1.91. The number of primary amides is 1. The minimum absolute atomic E-state index is 0.381. The van der Waals surface area contributed by atoms with Gasteiger partial charge in [0.2, 0.25) is 0 Å². The largest absolute Gasteiger partial charge is 0.419 e. The summed E-state index contributed by atoms with van der Waals surface area (Å²) in [7, 11) is 0. The predicted molar refractivity (Wildman–Crippen MR) is 41.6 cm³/mol. The van der Waals surface area contributed by atoms with Crippen molar-refractivity contribution in [3.63, 3.8) is 0 Å². The van der Waals surface area contributed by atoms with E-state index >= 15 is 0 Å². The molecule has 1 aromatic carbocycles. The van der Waals surface area contributed by atoms with E-state index in [0.717, 1.165) is 6.07 Å². The van der Waals surface area contributed by atoms with Crippen LogP contribution in [0.1, 0.15) is 5.56 Å². The lowest BCUT2D eigenvalue weighted by Crippen LogP contribution is -2.16. The van der Waals surface area contributed by atoms with Crippen molar-refractivity contribution in [3.05, 3.63) is 29.6 Å². The van der Waals surface area contributed by atoms with Gasteiger partial charge in [0.1, 0.15) is 11.6 Å². The molecule has 0 bridgehead atoms. The highest BCUT2D eigenvalue weighted by molar-refractivity contribution is 5.68. The second-order valence-electron chi connectivity index (χ2n) is 2.56. The molecular formula is C8H5F4NO2. The van der Waals surface area contributed by atoms with Crippen LogP contribution in [0.15, 0.2) is 18.2 Å². The Morgan fingerprint density at radius 3 is 2.33 bits per heavy atom. The van der Waals surface area contributed by atoms with Crippen molar-refractivity contribution in [2.75, 3.05) is 0 Å². The first-order valence-electron chi connectivity index (χ1n) is 3.65. The van der Waals surface area contributed by atoms with Crippen LogP contribution in [0.5, 0.6) is 5.75 Å². The van der Waals surface area contributed by atoms with E-state index < -0.39 is 23.7 Å². The fraction of sp³-hybridized carbons (Fsp3) is 0.125. The van der Waals surface area contributed by atoms with Crippen molar-refractivity contribution in [3.8, 4) is 5.75 Å². The Morgan fingerprint density at radius 2 is 1.93 bits per heavy atom. The first-order chi connectivity index (χ1) is 6.80. The van der Waals surface area contributed by atoms with Gasteiger partial charge in [-0.1, -0.05) is 0 Å². The van der Waals surface area contributed by atoms with Gasteiger partial charge in [0, 0.05) is 6.07 Å². The molecule has 0 fully saturated rings. The van der Waals surface area contributed by atoms with Crippen LogP contribution < -0.4 is 10.5 Å². The van der Waals surface area contributed by atoms with Crippen LogP contribution >= 0.6 is 0 Å². The topological polar surface area (TPSA) is 52.3 Å². The number of halogens is 4. The summed E-state index contributed by atoms with van der Waals surface area (Å²) in [6.07, 6.45) is -6.01. The molecule has 2 N–H and O–H groups in total. The second-order valence-corrected chi connectivity index (χ2v) is 2.56. The van der Waals surface area contributed by atoms with Gasteiger partial charge in [-0.3, -0.25) is 0 Å². The van der Waals surface area contributed by atoms with E-state index in [1.807, 2.05) is 0 Å². The zero-order chi connectivity index (χ0) is 11.6. The molecule has 0 saturated carbocycles. The minimum atomic E-state index is -4.78. The van der Waals surface area contributed by atoms with Gasteiger partial charge in [-0.15, -0.1) is 0 Å². The van der Waals surface area contributed by atoms with Crippen LogP contribution in [0.3, 0.4) is 0 Å². The molecule has 15 heavy (non-hydrogen) atoms. The van der Waals surface area contributed by atoms with Crippen molar-refractivity contribution >= 4 is 6.09 Å². The van der Waals surface area contributed by atoms with Gasteiger partial charge in [-0.2, -0.15) is 13.2 Å². The molecular weight excluding hydrogens is 218 g/mol. The van der Waals surface area contributed by atoms with Gasteiger partial charge in [-0.05, 0) is 12.1 Å². The highest BCUT2D eigenvalue weighted by atomic mass is 19.4. The van der Waals surface area contributed by atoms with Gasteiger partial charge in [0.15, 0.2) is 0 Å². The van der Waals surface area contributed by atoms with Gasteiger partial charge in [-0.25, -0.2) is 9.18 Å². The van der Waals surface area contributed by atoms with Crippen molar-refractivity contribution in [2.45, 2.75) is 6.18 Å². The smallest absolute Gasteiger partial charge is 0.410 e. The maximum atomic E-state index is 12.8. The quantitative estimate of drug-likeness (QED) is 0.742. The molecule has 0 spiro atoms. The summed E-state index contributed by atoms with van der Waals surface area (Å²) in [5.41, 5.74) is 3.16. The Morgan fingerprint density at radius 1 is 1.33 bits per heavy atom. The molecule has 0 atom stereocenters. The van der Waals surface area contributed by atoms with E-state index in [2.05, 4.69) is 10.5 Å². The molecule has 1 aromatic rings. The summed E-state index contributed by atoms with van der Waals surface area (Å²) in [4.78, 5) is 10.2. The predicted octanol–water partition coefficient (Wildman–Crippen LogP) is 2.30.